The summed E-state index contributed by atoms with van der Waals surface area (Å²) in [6.07, 6.45) is -1.44. The Balaban J connectivity index is 0.000000199. The van der Waals surface area contributed by atoms with Crippen LogP contribution in [-0.4, -0.2) is 80.9 Å². The lowest BCUT2D eigenvalue weighted by molar-refractivity contribution is -0.0511. The van der Waals surface area contributed by atoms with Gasteiger partial charge in [0.1, 0.15) is 36.0 Å². The maximum atomic E-state index is 10.5. The van der Waals surface area contributed by atoms with Crippen LogP contribution in [0.2, 0.25) is 0 Å². The lowest BCUT2D eigenvalue weighted by atomic mass is 10.1. The predicted octanol–water partition coefficient (Wildman–Crippen LogP) is -2.12. The molecule has 30 heavy (non-hydrogen) atoms. The minimum Gasteiger partial charge on any atom is -0.465 e. The molecule has 4 atom stereocenters. The van der Waals surface area contributed by atoms with Crippen molar-refractivity contribution in [3.63, 3.8) is 0 Å². The number of hydrogen-bond donors (Lipinski definition) is 7. The number of anilines is 2. The number of carboxylic acid groups (broad SMARTS) is 1. The molecule has 4 heterocycles. The van der Waals surface area contributed by atoms with Crippen LogP contribution in [0.15, 0.2) is 29.7 Å². The zero-order valence-electron chi connectivity index (χ0n) is 15.2. The van der Waals surface area contributed by atoms with E-state index in [-0.39, 0.29) is 11.6 Å². The van der Waals surface area contributed by atoms with Crippen LogP contribution in [0.5, 0.6) is 0 Å². The number of aliphatic hydroxyl groups is 3. The molecule has 8 N–H and O–H groups in total. The van der Waals surface area contributed by atoms with Gasteiger partial charge < -0.3 is 30.9 Å². The molecule has 1 amide bonds. The molecular weight excluding hydrogens is 404 g/mol. The Bertz CT molecular complexity index is 1090. The molecule has 0 bridgehead atoms. The highest BCUT2D eigenvalue weighted by atomic mass is 16.6. The van der Waals surface area contributed by atoms with Crippen molar-refractivity contribution in [1.82, 2.24) is 29.5 Å². The highest BCUT2D eigenvalue weighted by Crippen LogP contribution is 2.31. The monoisotopic (exact) mass is 422 g/mol. The first kappa shape index (κ1) is 21.1. The average Bonchev–Trinajstić information content (AvgIpc) is 3.24. The summed E-state index contributed by atoms with van der Waals surface area (Å²) in [5.41, 5.74) is 5.86. The standard InChI is InChI=1S/C10H13N5O4.C5H5N3O3/c11-8-5-9(13-2-12-8)15(3-14-5)10-7(18)6(17)4(1-16)19-10;9-4-6-2-1-3(7-4)8-5(10)11/h2-4,6-7,10,16-18H,1H2,(H2,11,12,13);1-2H,(H,10,11)(H2,6,7,8,9)/t4-,6-,7-,10-;/m1./s1. The van der Waals surface area contributed by atoms with E-state index in [2.05, 4.69) is 24.9 Å². The molecule has 3 aromatic heterocycles. The zero-order chi connectivity index (χ0) is 21.8. The van der Waals surface area contributed by atoms with E-state index < -0.39 is 42.9 Å². The fourth-order valence-corrected chi connectivity index (χ4v) is 2.72. The summed E-state index contributed by atoms with van der Waals surface area (Å²) in [5.74, 6) is 0.327. The Morgan fingerprint density at radius 2 is 2.03 bits per heavy atom. The predicted molar refractivity (Wildman–Crippen MR) is 99.3 cm³/mol. The van der Waals surface area contributed by atoms with E-state index in [1.165, 1.54) is 29.5 Å². The van der Waals surface area contributed by atoms with E-state index in [9.17, 15) is 19.8 Å². The van der Waals surface area contributed by atoms with Crippen LogP contribution in [0.4, 0.5) is 16.4 Å². The van der Waals surface area contributed by atoms with Gasteiger partial charge >= 0.3 is 11.8 Å². The van der Waals surface area contributed by atoms with Gasteiger partial charge in [-0.25, -0.2) is 29.5 Å². The number of aromatic amines is 1. The first-order valence-electron chi connectivity index (χ1n) is 8.42. The summed E-state index contributed by atoms with van der Waals surface area (Å²) < 4.78 is 6.85. The number of aromatic nitrogens is 6. The van der Waals surface area contributed by atoms with Crippen LogP contribution < -0.4 is 16.7 Å². The van der Waals surface area contributed by atoms with Gasteiger partial charge in [-0.15, -0.1) is 0 Å². The highest BCUT2D eigenvalue weighted by Gasteiger charge is 2.43. The van der Waals surface area contributed by atoms with Crippen LogP contribution in [-0.2, 0) is 4.74 Å². The van der Waals surface area contributed by atoms with Crippen molar-refractivity contribution < 1.29 is 30.0 Å². The topological polar surface area (TPSA) is 235 Å². The van der Waals surface area contributed by atoms with E-state index in [0.717, 1.165) is 0 Å². The summed E-state index contributed by atoms with van der Waals surface area (Å²) in [6.45, 7) is -0.390. The van der Waals surface area contributed by atoms with Gasteiger partial charge in [-0.05, 0) is 6.07 Å². The van der Waals surface area contributed by atoms with E-state index in [1.54, 1.807) is 0 Å². The molecule has 0 aliphatic carbocycles. The van der Waals surface area contributed by atoms with Crippen molar-refractivity contribution in [2.45, 2.75) is 24.5 Å². The molecular formula is C15H18N8O7. The first-order chi connectivity index (χ1) is 14.3. The number of fused-ring (bicyclic) bond motifs is 1. The third kappa shape index (κ3) is 4.33. The Morgan fingerprint density at radius 3 is 2.67 bits per heavy atom. The Morgan fingerprint density at radius 1 is 1.27 bits per heavy atom. The van der Waals surface area contributed by atoms with E-state index in [0.29, 0.717) is 11.2 Å². The largest absolute Gasteiger partial charge is 0.465 e. The van der Waals surface area contributed by atoms with Gasteiger partial charge in [-0.1, -0.05) is 0 Å². The maximum absolute atomic E-state index is 10.5. The number of rotatable bonds is 3. The number of imidazole rings is 1. The number of ether oxygens (including phenoxy) is 1. The average molecular weight is 422 g/mol. The van der Waals surface area contributed by atoms with Crippen LogP contribution in [0, 0.1) is 0 Å². The molecule has 1 fully saturated rings. The SMILES string of the molecule is Nc1ncnc2c1ncn2[C@@H]1O[C@H](CO)[C@@H](O)[C@H]1O.O=C(O)Nc1ccnc(=O)[nH]1. The minimum atomic E-state index is -1.23. The Hall–Kier alpha value is -3.66. The molecule has 1 saturated heterocycles. The van der Waals surface area contributed by atoms with Crippen molar-refractivity contribution in [3.05, 3.63) is 35.4 Å². The summed E-state index contributed by atoms with van der Waals surface area (Å²) in [5, 5.41) is 38.9. The van der Waals surface area contributed by atoms with E-state index in [1.807, 2.05) is 5.32 Å². The van der Waals surface area contributed by atoms with Gasteiger partial charge in [0.05, 0.1) is 12.9 Å². The fourth-order valence-electron chi connectivity index (χ4n) is 2.72. The van der Waals surface area contributed by atoms with Crippen molar-refractivity contribution in [2.75, 3.05) is 17.7 Å². The number of aliphatic hydroxyl groups excluding tert-OH is 3. The molecule has 160 valence electrons. The molecule has 0 unspecified atom stereocenters. The number of nitrogens with one attached hydrogen (secondary N) is 2. The van der Waals surface area contributed by atoms with Gasteiger partial charge in [0.15, 0.2) is 17.7 Å². The maximum Gasteiger partial charge on any atom is 0.410 e. The molecule has 0 aromatic carbocycles. The van der Waals surface area contributed by atoms with Crippen LogP contribution >= 0.6 is 0 Å². The highest BCUT2D eigenvalue weighted by molar-refractivity contribution is 5.81. The smallest absolute Gasteiger partial charge is 0.410 e. The van der Waals surface area contributed by atoms with Gasteiger partial charge in [-0.3, -0.25) is 14.9 Å². The third-order valence-corrected chi connectivity index (χ3v) is 4.09. The number of H-pyrrole nitrogens is 1. The van der Waals surface area contributed by atoms with Crippen LogP contribution in [0.1, 0.15) is 6.23 Å². The Labute approximate surface area is 166 Å². The van der Waals surface area contributed by atoms with Gasteiger partial charge in [0, 0.05) is 6.20 Å². The number of nitrogens with zero attached hydrogens (tertiary/aromatic N) is 5. The second-order valence-electron chi connectivity index (χ2n) is 6.03. The van der Waals surface area contributed by atoms with Crippen molar-refractivity contribution in [2.24, 2.45) is 0 Å². The number of nitrogens with two attached hydrogens (primary N) is 1. The van der Waals surface area contributed by atoms with Gasteiger partial charge in [0.2, 0.25) is 0 Å². The summed E-state index contributed by atoms with van der Waals surface area (Å²) in [4.78, 5) is 37.9. The van der Waals surface area contributed by atoms with Crippen LogP contribution in [0.25, 0.3) is 11.2 Å². The van der Waals surface area contributed by atoms with Gasteiger partial charge in [0.25, 0.3) is 0 Å². The normalized spacial score (nSPS) is 23.0. The molecule has 1 aliphatic heterocycles. The summed E-state index contributed by atoms with van der Waals surface area (Å²) >= 11 is 0. The second-order valence-corrected chi connectivity index (χ2v) is 6.03. The lowest BCUT2D eigenvalue weighted by Crippen LogP contribution is -2.33. The van der Waals surface area contributed by atoms with E-state index >= 15 is 0 Å². The first-order valence-corrected chi connectivity index (χ1v) is 8.42. The number of amides is 1. The summed E-state index contributed by atoms with van der Waals surface area (Å²) in [6, 6.07) is 1.34. The number of carbonyl (C=O) groups is 1. The molecule has 3 aromatic rings. The number of hydrogen-bond acceptors (Lipinski definition) is 11. The quantitative estimate of drug-likeness (QED) is 0.240. The van der Waals surface area contributed by atoms with Gasteiger partial charge in [-0.2, -0.15) is 0 Å². The van der Waals surface area contributed by atoms with E-state index in [4.69, 9.17) is 20.7 Å². The molecule has 1 aliphatic rings. The molecule has 0 spiro atoms. The minimum absolute atomic E-state index is 0.109. The molecule has 0 saturated carbocycles. The Kier molecular flexibility index (Phi) is 6.17. The molecule has 15 heteroatoms. The molecule has 4 rings (SSSR count). The van der Waals surface area contributed by atoms with Crippen molar-refractivity contribution in [1.29, 1.82) is 0 Å². The van der Waals surface area contributed by atoms with Crippen molar-refractivity contribution in [3.8, 4) is 0 Å². The summed E-state index contributed by atoms with van der Waals surface area (Å²) in [7, 11) is 0. The number of nitrogen functional groups attached to an aromatic ring is 1. The fraction of sp³-hybridized carbons (Fsp3) is 0.333. The zero-order valence-corrected chi connectivity index (χ0v) is 15.2. The molecule has 0 radical (unpaired) electrons. The lowest BCUT2D eigenvalue weighted by Gasteiger charge is -2.16. The van der Waals surface area contributed by atoms with Crippen molar-refractivity contribution >= 4 is 28.9 Å². The third-order valence-electron chi connectivity index (χ3n) is 4.09. The molecule has 15 nitrogen and oxygen atoms in total. The van der Waals surface area contributed by atoms with Crippen LogP contribution in [0.3, 0.4) is 0 Å². The second kappa shape index (κ2) is 8.78.